The molecule has 1 heterocycles. The summed E-state index contributed by atoms with van der Waals surface area (Å²) in [7, 11) is 0. The van der Waals surface area contributed by atoms with E-state index >= 15 is 0 Å². The predicted octanol–water partition coefficient (Wildman–Crippen LogP) is 2.97. The summed E-state index contributed by atoms with van der Waals surface area (Å²) in [4.78, 5) is 14.8. The maximum atomic E-state index is 11.7. The van der Waals surface area contributed by atoms with Gasteiger partial charge in [-0.15, -0.1) is 0 Å². The van der Waals surface area contributed by atoms with Crippen molar-refractivity contribution in [1.29, 1.82) is 0 Å². The lowest BCUT2D eigenvalue weighted by atomic mass is 9.91. The third-order valence-corrected chi connectivity index (χ3v) is 3.45. The van der Waals surface area contributed by atoms with Crippen molar-refractivity contribution in [3.63, 3.8) is 0 Å². The minimum atomic E-state index is -0.875. The summed E-state index contributed by atoms with van der Waals surface area (Å²) in [6, 6.07) is 14.6. The van der Waals surface area contributed by atoms with E-state index in [4.69, 9.17) is 5.73 Å². The van der Waals surface area contributed by atoms with Crippen LogP contribution in [0.1, 0.15) is 17.0 Å². The number of anilines is 1. The lowest BCUT2D eigenvalue weighted by Crippen LogP contribution is -2.12. The first-order valence-corrected chi connectivity index (χ1v) is 6.31. The number of hydrogen-bond donors (Lipinski definition) is 3. The largest absolute Gasteiger partial charge is 0.481 e. The zero-order chi connectivity index (χ0) is 14.1. The fourth-order valence-electron chi connectivity index (χ4n) is 2.48. The Labute approximate surface area is 115 Å². The third kappa shape index (κ3) is 2.01. The Balaban J connectivity index is 2.16. The average molecular weight is 266 g/mol. The fraction of sp³-hybridized carbons (Fsp3) is 0.0625. The molecule has 0 saturated carbocycles. The van der Waals surface area contributed by atoms with Gasteiger partial charge in [-0.25, -0.2) is 0 Å². The number of fused-ring (bicyclic) bond motifs is 1. The van der Waals surface area contributed by atoms with Crippen LogP contribution >= 0.6 is 0 Å². The molecule has 0 radical (unpaired) electrons. The van der Waals surface area contributed by atoms with Gasteiger partial charge in [-0.2, -0.15) is 0 Å². The lowest BCUT2D eigenvalue weighted by Gasteiger charge is -2.12. The molecule has 0 amide bonds. The van der Waals surface area contributed by atoms with E-state index in [1.54, 1.807) is 30.5 Å². The van der Waals surface area contributed by atoms with Crippen LogP contribution in [0.5, 0.6) is 0 Å². The van der Waals surface area contributed by atoms with Gasteiger partial charge in [-0.1, -0.05) is 30.3 Å². The number of aliphatic carboxylic acids is 1. The molecular weight excluding hydrogens is 252 g/mol. The van der Waals surface area contributed by atoms with Crippen LogP contribution < -0.4 is 5.73 Å². The Morgan fingerprint density at radius 1 is 1.10 bits per heavy atom. The number of carbonyl (C=O) groups is 1. The molecule has 100 valence electrons. The van der Waals surface area contributed by atoms with Gasteiger partial charge >= 0.3 is 5.97 Å². The van der Waals surface area contributed by atoms with Gasteiger partial charge < -0.3 is 15.8 Å². The van der Waals surface area contributed by atoms with Crippen LogP contribution in [0.15, 0.2) is 54.7 Å². The maximum absolute atomic E-state index is 11.7. The number of hydrogen-bond acceptors (Lipinski definition) is 2. The van der Waals surface area contributed by atoms with Gasteiger partial charge in [0.2, 0.25) is 0 Å². The minimum absolute atomic E-state index is 0.622. The highest BCUT2D eigenvalue weighted by Gasteiger charge is 2.24. The van der Waals surface area contributed by atoms with E-state index in [0.717, 1.165) is 22.0 Å². The molecule has 0 spiro atoms. The SMILES string of the molecule is Nc1ccc(C(C(=O)O)c2c[nH]c3ccccc23)cc1. The van der Waals surface area contributed by atoms with E-state index in [1.807, 2.05) is 24.3 Å². The topological polar surface area (TPSA) is 79.1 Å². The van der Waals surface area contributed by atoms with Crippen molar-refractivity contribution in [2.75, 3.05) is 5.73 Å². The molecule has 1 aromatic heterocycles. The smallest absolute Gasteiger partial charge is 0.315 e. The molecule has 0 aliphatic carbocycles. The van der Waals surface area contributed by atoms with Gasteiger partial charge in [-0.3, -0.25) is 4.79 Å². The van der Waals surface area contributed by atoms with Crippen LogP contribution in [0.4, 0.5) is 5.69 Å². The molecule has 0 aliphatic heterocycles. The lowest BCUT2D eigenvalue weighted by molar-refractivity contribution is -0.137. The number of nitrogen functional groups attached to an aromatic ring is 1. The monoisotopic (exact) mass is 266 g/mol. The quantitative estimate of drug-likeness (QED) is 0.638. The van der Waals surface area contributed by atoms with Gasteiger partial charge in [0, 0.05) is 22.8 Å². The van der Waals surface area contributed by atoms with Gasteiger partial charge in [0.25, 0.3) is 0 Å². The number of aromatic nitrogens is 1. The van der Waals surface area contributed by atoms with Gasteiger partial charge in [0.15, 0.2) is 0 Å². The van der Waals surface area contributed by atoms with E-state index < -0.39 is 11.9 Å². The molecule has 3 rings (SSSR count). The first-order valence-electron chi connectivity index (χ1n) is 6.31. The number of nitrogens with two attached hydrogens (primary N) is 1. The molecule has 0 aliphatic rings. The van der Waals surface area contributed by atoms with Crippen LogP contribution in [0.3, 0.4) is 0 Å². The molecule has 1 unspecified atom stereocenters. The molecule has 4 N–H and O–H groups in total. The van der Waals surface area contributed by atoms with Crippen molar-refractivity contribution in [2.24, 2.45) is 0 Å². The van der Waals surface area contributed by atoms with Gasteiger partial charge in [-0.05, 0) is 29.3 Å². The fourth-order valence-corrected chi connectivity index (χ4v) is 2.48. The van der Waals surface area contributed by atoms with Crippen LogP contribution in [-0.4, -0.2) is 16.1 Å². The number of para-hydroxylation sites is 1. The van der Waals surface area contributed by atoms with Crippen LogP contribution in [0.2, 0.25) is 0 Å². The molecule has 4 nitrogen and oxygen atoms in total. The summed E-state index contributed by atoms with van der Waals surface area (Å²) in [5, 5.41) is 10.5. The molecule has 0 saturated heterocycles. The maximum Gasteiger partial charge on any atom is 0.315 e. The van der Waals surface area contributed by atoms with Crippen molar-refractivity contribution in [3.8, 4) is 0 Å². The standard InChI is InChI=1S/C16H14N2O2/c17-11-7-5-10(6-8-11)15(16(19)20)13-9-18-14-4-2-1-3-12(13)14/h1-9,15,18H,17H2,(H,19,20). The number of nitrogens with one attached hydrogen (secondary N) is 1. The number of H-pyrrole nitrogens is 1. The Morgan fingerprint density at radius 3 is 2.50 bits per heavy atom. The summed E-state index contributed by atoms with van der Waals surface area (Å²) >= 11 is 0. The third-order valence-electron chi connectivity index (χ3n) is 3.45. The molecule has 0 bridgehead atoms. The summed E-state index contributed by atoms with van der Waals surface area (Å²) in [5.74, 6) is -1.58. The Kier molecular flexibility index (Phi) is 2.91. The van der Waals surface area contributed by atoms with E-state index in [2.05, 4.69) is 4.98 Å². The second-order valence-corrected chi connectivity index (χ2v) is 4.73. The molecular formula is C16H14N2O2. The van der Waals surface area contributed by atoms with Crippen molar-refractivity contribution >= 4 is 22.6 Å². The van der Waals surface area contributed by atoms with Crippen molar-refractivity contribution in [3.05, 3.63) is 65.9 Å². The highest BCUT2D eigenvalue weighted by Crippen LogP contribution is 2.31. The number of benzene rings is 2. The second-order valence-electron chi connectivity index (χ2n) is 4.73. The zero-order valence-corrected chi connectivity index (χ0v) is 10.7. The molecule has 4 heteroatoms. The van der Waals surface area contributed by atoms with Crippen LogP contribution in [0.25, 0.3) is 10.9 Å². The van der Waals surface area contributed by atoms with E-state index in [-0.39, 0.29) is 0 Å². The highest BCUT2D eigenvalue weighted by molar-refractivity contribution is 5.91. The first-order chi connectivity index (χ1) is 9.66. The summed E-state index contributed by atoms with van der Waals surface area (Å²) in [6.45, 7) is 0. The van der Waals surface area contributed by atoms with E-state index in [0.29, 0.717) is 5.69 Å². The Bertz CT molecular complexity index is 760. The predicted molar refractivity (Wildman–Crippen MR) is 78.6 cm³/mol. The number of carboxylic acids is 1. The number of rotatable bonds is 3. The molecule has 20 heavy (non-hydrogen) atoms. The summed E-state index contributed by atoms with van der Waals surface area (Å²) in [5.41, 5.74) is 8.70. The Morgan fingerprint density at radius 2 is 1.80 bits per heavy atom. The number of aromatic amines is 1. The van der Waals surface area contributed by atoms with E-state index in [9.17, 15) is 9.90 Å². The average Bonchev–Trinajstić information content (AvgIpc) is 2.85. The summed E-state index contributed by atoms with van der Waals surface area (Å²) in [6.07, 6.45) is 1.76. The van der Waals surface area contributed by atoms with E-state index in [1.165, 1.54) is 0 Å². The van der Waals surface area contributed by atoms with Crippen molar-refractivity contribution in [2.45, 2.75) is 5.92 Å². The van der Waals surface area contributed by atoms with Crippen molar-refractivity contribution in [1.82, 2.24) is 4.98 Å². The highest BCUT2D eigenvalue weighted by atomic mass is 16.4. The molecule has 2 aromatic carbocycles. The normalized spacial score (nSPS) is 12.4. The second kappa shape index (κ2) is 4.74. The Hall–Kier alpha value is -2.75. The van der Waals surface area contributed by atoms with Gasteiger partial charge in [0.1, 0.15) is 5.92 Å². The summed E-state index contributed by atoms with van der Waals surface area (Å²) < 4.78 is 0. The van der Waals surface area contributed by atoms with Gasteiger partial charge in [0.05, 0.1) is 0 Å². The molecule has 0 fully saturated rings. The zero-order valence-electron chi connectivity index (χ0n) is 10.7. The van der Waals surface area contributed by atoms with Crippen LogP contribution in [0, 0.1) is 0 Å². The van der Waals surface area contributed by atoms with Crippen molar-refractivity contribution < 1.29 is 9.90 Å². The first kappa shape index (κ1) is 12.3. The number of carboxylic acid groups (broad SMARTS) is 1. The van der Waals surface area contributed by atoms with Crippen LogP contribution in [-0.2, 0) is 4.79 Å². The molecule has 1 atom stereocenters. The molecule has 3 aromatic rings. The minimum Gasteiger partial charge on any atom is -0.481 e.